The van der Waals surface area contributed by atoms with Crippen molar-refractivity contribution < 1.29 is 18.0 Å². The predicted molar refractivity (Wildman–Crippen MR) is 84.8 cm³/mol. The lowest BCUT2D eigenvalue weighted by Gasteiger charge is -2.31. The molecule has 2 heterocycles. The number of hydrogen-bond donors (Lipinski definition) is 1. The van der Waals surface area contributed by atoms with Crippen LogP contribution in [0.5, 0.6) is 0 Å². The van der Waals surface area contributed by atoms with E-state index in [2.05, 4.69) is 22.4 Å². The standard InChI is InChI=1S/C13H19F3N4OS2/c1-8-3-5-20(6-4-8)10(21)9(2)22-12-19-18-11(23-12)17-7-13(14,15)16/h8-9H,3-7H2,1-2H3,(H,17,18)/t9-/m1/s1. The molecule has 10 heteroatoms. The Kier molecular flexibility index (Phi) is 6.12. The van der Waals surface area contributed by atoms with E-state index in [1.54, 1.807) is 6.92 Å². The fraction of sp³-hybridized carbons (Fsp3) is 0.769. The van der Waals surface area contributed by atoms with Crippen LogP contribution in [0.2, 0.25) is 0 Å². The first kappa shape index (κ1) is 18.3. The summed E-state index contributed by atoms with van der Waals surface area (Å²) >= 11 is 2.26. The van der Waals surface area contributed by atoms with E-state index in [0.717, 1.165) is 37.3 Å². The Balaban J connectivity index is 1.84. The molecule has 0 radical (unpaired) electrons. The zero-order chi connectivity index (χ0) is 17.0. The van der Waals surface area contributed by atoms with Gasteiger partial charge in [0.1, 0.15) is 6.54 Å². The van der Waals surface area contributed by atoms with E-state index >= 15 is 0 Å². The van der Waals surface area contributed by atoms with Crippen molar-refractivity contribution in [1.29, 1.82) is 0 Å². The average molecular weight is 368 g/mol. The number of thioether (sulfide) groups is 1. The first-order chi connectivity index (χ1) is 10.7. The number of carbonyl (C=O) groups excluding carboxylic acids is 1. The molecule has 5 nitrogen and oxygen atoms in total. The summed E-state index contributed by atoms with van der Waals surface area (Å²) in [5.74, 6) is 0.689. The second kappa shape index (κ2) is 7.69. The summed E-state index contributed by atoms with van der Waals surface area (Å²) in [5.41, 5.74) is 0. The number of rotatable bonds is 5. The van der Waals surface area contributed by atoms with Gasteiger partial charge in [0.15, 0.2) is 4.34 Å². The molecule has 1 saturated heterocycles. The first-order valence-electron chi connectivity index (χ1n) is 7.34. The predicted octanol–water partition coefficient (Wildman–Crippen LogP) is 3.25. The van der Waals surface area contributed by atoms with E-state index in [4.69, 9.17) is 0 Å². The summed E-state index contributed by atoms with van der Waals surface area (Å²) in [7, 11) is 0. The Labute approximate surface area is 141 Å². The summed E-state index contributed by atoms with van der Waals surface area (Å²) < 4.78 is 36.9. The summed E-state index contributed by atoms with van der Waals surface area (Å²) in [6.45, 7) is 4.34. The fourth-order valence-electron chi connectivity index (χ4n) is 2.19. The van der Waals surface area contributed by atoms with Crippen LogP contribution in [0.1, 0.15) is 26.7 Å². The van der Waals surface area contributed by atoms with E-state index < -0.39 is 12.7 Å². The van der Waals surface area contributed by atoms with E-state index in [1.165, 1.54) is 11.8 Å². The molecule has 0 spiro atoms. The van der Waals surface area contributed by atoms with Gasteiger partial charge in [-0.2, -0.15) is 13.2 Å². The number of amides is 1. The van der Waals surface area contributed by atoms with Crippen LogP contribution in [-0.2, 0) is 4.79 Å². The van der Waals surface area contributed by atoms with E-state index in [0.29, 0.717) is 10.3 Å². The van der Waals surface area contributed by atoms with Crippen molar-refractivity contribution in [1.82, 2.24) is 15.1 Å². The largest absolute Gasteiger partial charge is 0.405 e. The van der Waals surface area contributed by atoms with Gasteiger partial charge < -0.3 is 10.2 Å². The monoisotopic (exact) mass is 368 g/mol. The van der Waals surface area contributed by atoms with Gasteiger partial charge in [0.05, 0.1) is 5.25 Å². The smallest absolute Gasteiger partial charge is 0.351 e. The number of nitrogens with zero attached hydrogens (tertiary/aromatic N) is 3. The second-order valence-electron chi connectivity index (χ2n) is 5.61. The van der Waals surface area contributed by atoms with Crippen LogP contribution in [0.15, 0.2) is 4.34 Å². The number of halogens is 3. The lowest BCUT2D eigenvalue weighted by Crippen LogP contribution is -2.41. The van der Waals surface area contributed by atoms with Gasteiger partial charge in [-0.3, -0.25) is 4.79 Å². The van der Waals surface area contributed by atoms with Crippen LogP contribution in [0.25, 0.3) is 0 Å². The number of carbonyl (C=O) groups is 1. The van der Waals surface area contributed by atoms with Crippen molar-refractivity contribution in [2.75, 3.05) is 25.0 Å². The quantitative estimate of drug-likeness (QED) is 0.809. The van der Waals surface area contributed by atoms with Gasteiger partial charge >= 0.3 is 6.18 Å². The molecule has 0 unspecified atom stereocenters. The molecule has 0 aliphatic carbocycles. The molecule has 1 aromatic heterocycles. The molecule has 1 fully saturated rings. The van der Waals surface area contributed by atoms with Crippen LogP contribution in [0.3, 0.4) is 0 Å². The van der Waals surface area contributed by atoms with E-state index in [9.17, 15) is 18.0 Å². The molecule has 0 bridgehead atoms. The second-order valence-corrected chi connectivity index (χ2v) is 8.18. The third kappa shape index (κ3) is 5.83. The van der Waals surface area contributed by atoms with Gasteiger partial charge in [0.2, 0.25) is 11.0 Å². The summed E-state index contributed by atoms with van der Waals surface area (Å²) in [5, 5.41) is 9.46. The van der Waals surface area contributed by atoms with Crippen molar-refractivity contribution in [3.63, 3.8) is 0 Å². The molecule has 1 aromatic rings. The molecule has 23 heavy (non-hydrogen) atoms. The van der Waals surface area contributed by atoms with Gasteiger partial charge in [-0.25, -0.2) is 0 Å². The maximum Gasteiger partial charge on any atom is 0.405 e. The Morgan fingerprint density at radius 1 is 1.43 bits per heavy atom. The van der Waals surface area contributed by atoms with Gasteiger partial charge in [-0.05, 0) is 25.7 Å². The number of hydrogen-bond acceptors (Lipinski definition) is 6. The highest BCUT2D eigenvalue weighted by molar-refractivity contribution is 8.02. The van der Waals surface area contributed by atoms with Crippen LogP contribution < -0.4 is 5.32 Å². The Hall–Kier alpha value is -1.03. The lowest BCUT2D eigenvalue weighted by atomic mass is 9.99. The van der Waals surface area contributed by atoms with Crippen molar-refractivity contribution in [3.05, 3.63) is 0 Å². The SMILES string of the molecule is CC1CCN(C(=O)[C@@H](C)Sc2nnc(NCC(F)(F)F)s2)CC1. The molecule has 1 atom stereocenters. The Morgan fingerprint density at radius 2 is 2.09 bits per heavy atom. The van der Waals surface area contributed by atoms with Crippen LogP contribution in [0.4, 0.5) is 18.3 Å². The highest BCUT2D eigenvalue weighted by Crippen LogP contribution is 2.31. The number of aromatic nitrogens is 2. The molecule has 1 N–H and O–H groups in total. The normalized spacial score (nSPS) is 18.0. The van der Waals surface area contributed by atoms with Crippen molar-refractivity contribution in [2.24, 2.45) is 5.92 Å². The molecular formula is C13H19F3N4OS2. The molecular weight excluding hydrogens is 349 g/mol. The van der Waals surface area contributed by atoms with Gasteiger partial charge in [-0.1, -0.05) is 30.0 Å². The van der Waals surface area contributed by atoms with Crippen LogP contribution in [-0.4, -0.2) is 52.1 Å². The van der Waals surface area contributed by atoms with Gasteiger partial charge in [0, 0.05) is 13.1 Å². The maximum absolute atomic E-state index is 12.4. The minimum atomic E-state index is -4.30. The fourth-order valence-corrected chi connectivity index (χ4v) is 4.17. The third-order valence-corrected chi connectivity index (χ3v) is 5.62. The highest BCUT2D eigenvalue weighted by atomic mass is 32.2. The van der Waals surface area contributed by atoms with Crippen molar-refractivity contribution in [3.8, 4) is 0 Å². The maximum atomic E-state index is 12.4. The number of anilines is 1. The van der Waals surface area contributed by atoms with E-state index in [-0.39, 0.29) is 16.3 Å². The molecule has 2 rings (SSSR count). The number of nitrogens with one attached hydrogen (secondary N) is 1. The summed E-state index contributed by atoms with van der Waals surface area (Å²) in [4.78, 5) is 14.2. The lowest BCUT2D eigenvalue weighted by molar-refractivity contribution is -0.131. The Morgan fingerprint density at radius 3 is 2.70 bits per heavy atom. The highest BCUT2D eigenvalue weighted by Gasteiger charge is 2.28. The molecule has 0 aromatic carbocycles. The molecule has 1 aliphatic rings. The van der Waals surface area contributed by atoms with Crippen molar-refractivity contribution in [2.45, 2.75) is 42.5 Å². The molecule has 1 amide bonds. The zero-order valence-corrected chi connectivity index (χ0v) is 14.5. The minimum absolute atomic E-state index is 0.0434. The van der Waals surface area contributed by atoms with Gasteiger partial charge in [-0.15, -0.1) is 10.2 Å². The Bertz CT molecular complexity index is 530. The van der Waals surface area contributed by atoms with Crippen LogP contribution in [0, 0.1) is 5.92 Å². The van der Waals surface area contributed by atoms with Gasteiger partial charge in [0.25, 0.3) is 0 Å². The van der Waals surface area contributed by atoms with Crippen molar-refractivity contribution >= 4 is 34.1 Å². The number of piperidine rings is 1. The van der Waals surface area contributed by atoms with E-state index in [1.807, 2.05) is 4.90 Å². The first-order valence-corrected chi connectivity index (χ1v) is 9.04. The van der Waals surface area contributed by atoms with Crippen LogP contribution >= 0.6 is 23.1 Å². The zero-order valence-electron chi connectivity index (χ0n) is 12.9. The number of likely N-dealkylation sites (tertiary alicyclic amines) is 1. The summed E-state index contributed by atoms with van der Waals surface area (Å²) in [6, 6.07) is 0. The molecule has 1 aliphatic heterocycles. The minimum Gasteiger partial charge on any atom is -0.351 e. The topological polar surface area (TPSA) is 58.1 Å². The average Bonchev–Trinajstić information content (AvgIpc) is 2.92. The third-order valence-electron chi connectivity index (χ3n) is 3.57. The summed E-state index contributed by atoms with van der Waals surface area (Å²) in [6.07, 6.45) is -2.28. The number of alkyl halides is 3. The molecule has 0 saturated carbocycles. The molecule has 130 valence electrons.